The molecule has 0 saturated heterocycles. The molecule has 1 N–H and O–H groups in total. The van der Waals surface area contributed by atoms with Crippen LogP contribution in [0.25, 0.3) is 0 Å². The zero-order valence-corrected chi connectivity index (χ0v) is 11.2. The van der Waals surface area contributed by atoms with Gasteiger partial charge in [-0.05, 0) is 54.9 Å². The summed E-state index contributed by atoms with van der Waals surface area (Å²) < 4.78 is 0. The number of carboxylic acid groups (broad SMARTS) is 1. The molecule has 0 amide bonds. The van der Waals surface area contributed by atoms with Crippen molar-refractivity contribution in [2.45, 2.75) is 47.0 Å². The molecule has 0 atom stereocenters. The molecule has 0 saturated carbocycles. The Hall–Kier alpha value is -1.31. The maximum atomic E-state index is 11.2. The van der Waals surface area contributed by atoms with Crippen LogP contribution in [-0.2, 0) is 12.8 Å². The highest BCUT2D eigenvalue weighted by Crippen LogP contribution is 2.23. The fraction of sp³-hybridized carbons (Fsp3) is 0.533. The summed E-state index contributed by atoms with van der Waals surface area (Å²) in [5, 5.41) is 9.24. The Bertz CT molecular complexity index is 406. The highest BCUT2D eigenvalue weighted by Gasteiger charge is 2.15. The van der Waals surface area contributed by atoms with Gasteiger partial charge >= 0.3 is 5.97 Å². The lowest BCUT2D eigenvalue weighted by molar-refractivity contribution is 0.0695. The Morgan fingerprint density at radius 2 is 1.94 bits per heavy atom. The van der Waals surface area contributed by atoms with Crippen molar-refractivity contribution in [3.8, 4) is 0 Å². The van der Waals surface area contributed by atoms with Gasteiger partial charge in [-0.1, -0.05) is 26.8 Å². The second-order valence-corrected chi connectivity index (χ2v) is 4.98. The molecule has 94 valence electrons. The second kappa shape index (κ2) is 5.85. The maximum absolute atomic E-state index is 11.2. The van der Waals surface area contributed by atoms with E-state index in [1.54, 1.807) is 6.07 Å². The molecule has 0 radical (unpaired) electrons. The number of carboxylic acids is 1. The van der Waals surface area contributed by atoms with Gasteiger partial charge in [-0.3, -0.25) is 0 Å². The first-order chi connectivity index (χ1) is 7.97. The van der Waals surface area contributed by atoms with Gasteiger partial charge in [-0.2, -0.15) is 0 Å². The first-order valence-electron chi connectivity index (χ1n) is 6.32. The van der Waals surface area contributed by atoms with E-state index in [2.05, 4.69) is 27.7 Å². The Labute approximate surface area is 104 Å². The van der Waals surface area contributed by atoms with Crippen LogP contribution in [0.1, 0.15) is 54.2 Å². The monoisotopic (exact) mass is 234 g/mol. The minimum Gasteiger partial charge on any atom is -0.478 e. The van der Waals surface area contributed by atoms with Gasteiger partial charge in [-0.15, -0.1) is 0 Å². The van der Waals surface area contributed by atoms with Crippen LogP contribution in [0.15, 0.2) is 12.1 Å². The van der Waals surface area contributed by atoms with E-state index < -0.39 is 5.97 Å². The Kier molecular flexibility index (Phi) is 4.73. The van der Waals surface area contributed by atoms with Gasteiger partial charge in [0, 0.05) is 0 Å². The van der Waals surface area contributed by atoms with E-state index in [1.165, 1.54) is 11.1 Å². The predicted octanol–water partition coefficient (Wildman–Crippen LogP) is 3.84. The van der Waals surface area contributed by atoms with Crippen LogP contribution in [0.3, 0.4) is 0 Å². The molecule has 0 aliphatic heterocycles. The van der Waals surface area contributed by atoms with Crippen molar-refractivity contribution >= 4 is 5.97 Å². The summed E-state index contributed by atoms with van der Waals surface area (Å²) in [6.45, 7) is 8.49. The molecule has 0 bridgehead atoms. The molecular formula is C15H22O2. The molecule has 0 unspecified atom stereocenters. The fourth-order valence-electron chi connectivity index (χ4n) is 2.22. The average Bonchev–Trinajstić information content (AvgIpc) is 2.25. The molecule has 2 heteroatoms. The van der Waals surface area contributed by atoms with Crippen LogP contribution >= 0.6 is 0 Å². The number of carbonyl (C=O) groups is 1. The third kappa shape index (κ3) is 3.32. The zero-order chi connectivity index (χ0) is 13.0. The Balaban J connectivity index is 3.19. The van der Waals surface area contributed by atoms with Crippen molar-refractivity contribution in [3.63, 3.8) is 0 Å². The lowest BCUT2D eigenvalue weighted by Crippen LogP contribution is -2.08. The summed E-state index contributed by atoms with van der Waals surface area (Å²) in [5.74, 6) is -0.208. The number of hydrogen-bond donors (Lipinski definition) is 1. The summed E-state index contributed by atoms with van der Waals surface area (Å²) in [7, 11) is 0. The summed E-state index contributed by atoms with van der Waals surface area (Å²) in [6, 6.07) is 3.66. The smallest absolute Gasteiger partial charge is 0.335 e. The third-order valence-electron chi connectivity index (χ3n) is 3.22. The fourth-order valence-corrected chi connectivity index (χ4v) is 2.22. The Morgan fingerprint density at radius 3 is 2.41 bits per heavy atom. The molecule has 0 heterocycles. The highest BCUT2D eigenvalue weighted by atomic mass is 16.4. The number of benzene rings is 1. The quantitative estimate of drug-likeness (QED) is 0.840. The maximum Gasteiger partial charge on any atom is 0.335 e. The molecule has 0 aromatic heterocycles. The molecule has 0 fully saturated rings. The highest BCUT2D eigenvalue weighted by molar-refractivity contribution is 5.90. The number of aryl methyl sites for hydroxylation is 1. The predicted molar refractivity (Wildman–Crippen MR) is 70.7 cm³/mol. The van der Waals surface area contributed by atoms with Gasteiger partial charge in [0.05, 0.1) is 5.56 Å². The standard InChI is InChI=1S/C15H22O2/c1-5-12-11(4)7-9-14(15(16)17)13(12)8-6-10(2)3/h7,9-10H,5-6,8H2,1-4H3,(H,16,17). The van der Waals surface area contributed by atoms with Crippen LogP contribution in [-0.4, -0.2) is 11.1 Å². The van der Waals surface area contributed by atoms with Crippen LogP contribution < -0.4 is 0 Å². The van der Waals surface area contributed by atoms with Gasteiger partial charge in [0.1, 0.15) is 0 Å². The number of hydrogen-bond acceptors (Lipinski definition) is 1. The summed E-state index contributed by atoms with van der Waals surface area (Å²) in [6.07, 6.45) is 2.81. The van der Waals surface area contributed by atoms with E-state index in [-0.39, 0.29) is 0 Å². The van der Waals surface area contributed by atoms with Crippen LogP contribution in [0, 0.1) is 12.8 Å². The lowest BCUT2D eigenvalue weighted by Gasteiger charge is -2.15. The van der Waals surface area contributed by atoms with E-state index in [1.807, 2.05) is 6.07 Å². The summed E-state index contributed by atoms with van der Waals surface area (Å²) in [4.78, 5) is 11.2. The van der Waals surface area contributed by atoms with E-state index in [9.17, 15) is 9.90 Å². The van der Waals surface area contributed by atoms with Crippen LogP contribution in [0.5, 0.6) is 0 Å². The molecule has 17 heavy (non-hydrogen) atoms. The first-order valence-corrected chi connectivity index (χ1v) is 6.32. The van der Waals surface area contributed by atoms with Crippen molar-refractivity contribution in [3.05, 3.63) is 34.4 Å². The van der Waals surface area contributed by atoms with E-state index in [4.69, 9.17) is 0 Å². The first kappa shape index (κ1) is 13.8. The summed E-state index contributed by atoms with van der Waals surface area (Å²) >= 11 is 0. The molecule has 0 aliphatic carbocycles. The van der Waals surface area contributed by atoms with Crippen molar-refractivity contribution in [1.82, 2.24) is 0 Å². The SMILES string of the molecule is CCc1c(C)ccc(C(=O)O)c1CCC(C)C. The zero-order valence-electron chi connectivity index (χ0n) is 11.2. The minimum absolute atomic E-state index is 0.480. The van der Waals surface area contributed by atoms with Crippen LogP contribution in [0.2, 0.25) is 0 Å². The molecule has 0 spiro atoms. The molecule has 1 aromatic carbocycles. The topological polar surface area (TPSA) is 37.3 Å². The third-order valence-corrected chi connectivity index (χ3v) is 3.22. The van der Waals surface area contributed by atoms with Crippen molar-refractivity contribution in [2.24, 2.45) is 5.92 Å². The van der Waals surface area contributed by atoms with Crippen molar-refractivity contribution < 1.29 is 9.90 Å². The Morgan fingerprint density at radius 1 is 1.29 bits per heavy atom. The lowest BCUT2D eigenvalue weighted by atomic mass is 9.90. The van der Waals surface area contributed by atoms with E-state index in [0.717, 1.165) is 24.8 Å². The van der Waals surface area contributed by atoms with Gasteiger partial charge in [0.15, 0.2) is 0 Å². The number of aromatic carboxylic acids is 1. The molecular weight excluding hydrogens is 212 g/mol. The minimum atomic E-state index is -0.807. The van der Waals surface area contributed by atoms with E-state index >= 15 is 0 Å². The van der Waals surface area contributed by atoms with Crippen LogP contribution in [0.4, 0.5) is 0 Å². The molecule has 1 rings (SSSR count). The number of rotatable bonds is 5. The largest absolute Gasteiger partial charge is 0.478 e. The normalized spacial score (nSPS) is 10.9. The second-order valence-electron chi connectivity index (χ2n) is 4.98. The van der Waals surface area contributed by atoms with Crippen molar-refractivity contribution in [1.29, 1.82) is 0 Å². The van der Waals surface area contributed by atoms with Gasteiger partial charge in [0.25, 0.3) is 0 Å². The summed E-state index contributed by atoms with van der Waals surface area (Å²) in [5.41, 5.74) is 3.93. The average molecular weight is 234 g/mol. The van der Waals surface area contributed by atoms with Gasteiger partial charge in [0.2, 0.25) is 0 Å². The van der Waals surface area contributed by atoms with E-state index in [0.29, 0.717) is 11.5 Å². The molecule has 1 aromatic rings. The molecule has 0 aliphatic rings. The van der Waals surface area contributed by atoms with Crippen molar-refractivity contribution in [2.75, 3.05) is 0 Å². The molecule has 2 nitrogen and oxygen atoms in total. The van der Waals surface area contributed by atoms with Gasteiger partial charge < -0.3 is 5.11 Å². The van der Waals surface area contributed by atoms with Gasteiger partial charge in [-0.25, -0.2) is 4.79 Å².